The van der Waals surface area contributed by atoms with Gasteiger partial charge in [0.1, 0.15) is 13.2 Å². The number of hydrogen-bond donors (Lipinski definition) is 2. The van der Waals surface area contributed by atoms with Gasteiger partial charge in [0.2, 0.25) is 0 Å². The Hall–Kier alpha value is -4.16. The molecule has 12 nitrogen and oxygen atoms in total. The highest BCUT2D eigenvalue weighted by Crippen LogP contribution is 2.21. The van der Waals surface area contributed by atoms with Gasteiger partial charge in [-0.05, 0) is 24.0 Å². The fraction of sp³-hybridized carbons (Fsp3) is 0.467. The molecule has 228 valence electrons. The summed E-state index contributed by atoms with van der Waals surface area (Å²) in [6.45, 7) is 1.37. The average Bonchev–Trinajstić information content (AvgIpc) is 3.03. The molecule has 2 aromatic rings. The summed E-state index contributed by atoms with van der Waals surface area (Å²) in [6.07, 6.45) is -0.741. The van der Waals surface area contributed by atoms with Crippen molar-refractivity contribution < 1.29 is 48.3 Å². The molecular formula is C30H38N2O10. The SMILES string of the molecule is CO[C@@H]1CC(C(=O)O)CN(C(=O)OCc2ccccc2)C1.CO[C@H]1CC(C(=O)O)CN(C(=O)OCc2ccccc2)C1. The maximum atomic E-state index is 12.1. The first-order valence-corrected chi connectivity index (χ1v) is 13.6. The highest BCUT2D eigenvalue weighted by molar-refractivity contribution is 5.74. The number of piperidine rings is 2. The van der Waals surface area contributed by atoms with Gasteiger partial charge in [-0.1, -0.05) is 60.7 Å². The van der Waals surface area contributed by atoms with Gasteiger partial charge in [-0.3, -0.25) is 9.59 Å². The summed E-state index contributed by atoms with van der Waals surface area (Å²) in [7, 11) is 3.03. The molecule has 2 aromatic carbocycles. The monoisotopic (exact) mass is 586 g/mol. The van der Waals surface area contributed by atoms with Gasteiger partial charge in [-0.2, -0.15) is 0 Å². The predicted molar refractivity (Wildman–Crippen MR) is 149 cm³/mol. The Morgan fingerprint density at radius 1 is 0.643 bits per heavy atom. The molecule has 2 heterocycles. The van der Waals surface area contributed by atoms with E-state index in [1.54, 1.807) is 0 Å². The van der Waals surface area contributed by atoms with Gasteiger partial charge in [-0.25, -0.2) is 9.59 Å². The van der Waals surface area contributed by atoms with Gasteiger partial charge in [0.25, 0.3) is 0 Å². The molecule has 12 heteroatoms. The van der Waals surface area contributed by atoms with Crippen LogP contribution in [0.1, 0.15) is 24.0 Å². The standard InChI is InChI=1S/2C15H19NO5/c2*1-20-13-7-12(14(17)18)8-16(9-13)15(19)21-10-11-5-3-2-4-6-11/h2*2-6,12-13H,7-10H2,1H3,(H,17,18)/t2*12?,13-/m10/s1. The number of nitrogens with zero attached hydrogens (tertiary/aromatic N) is 2. The fourth-order valence-electron chi connectivity index (χ4n) is 4.72. The molecule has 0 aliphatic carbocycles. The highest BCUT2D eigenvalue weighted by Gasteiger charge is 2.35. The first kappa shape index (κ1) is 32.4. The molecular weight excluding hydrogens is 548 g/mol. The molecule has 4 atom stereocenters. The first-order chi connectivity index (χ1) is 20.2. The number of carboxylic acids is 2. The largest absolute Gasteiger partial charge is 0.481 e. The van der Waals surface area contributed by atoms with Crippen LogP contribution in [0.15, 0.2) is 60.7 Å². The maximum absolute atomic E-state index is 12.1. The van der Waals surface area contributed by atoms with Gasteiger partial charge in [-0.15, -0.1) is 0 Å². The summed E-state index contributed by atoms with van der Waals surface area (Å²) in [5.74, 6) is -3.07. The number of methoxy groups -OCH3 is 2. The van der Waals surface area contributed by atoms with Crippen LogP contribution in [0.25, 0.3) is 0 Å². The molecule has 42 heavy (non-hydrogen) atoms. The quantitative estimate of drug-likeness (QED) is 0.470. The van der Waals surface area contributed by atoms with Gasteiger partial charge in [0, 0.05) is 27.3 Å². The van der Waals surface area contributed by atoms with Crippen LogP contribution < -0.4 is 0 Å². The van der Waals surface area contributed by atoms with Crippen molar-refractivity contribution >= 4 is 24.1 Å². The van der Waals surface area contributed by atoms with Crippen molar-refractivity contribution in [3.8, 4) is 0 Å². The number of aliphatic carboxylic acids is 2. The van der Waals surface area contributed by atoms with Crippen molar-refractivity contribution in [1.29, 1.82) is 0 Å². The maximum Gasteiger partial charge on any atom is 0.410 e. The van der Waals surface area contributed by atoms with E-state index in [-0.39, 0.29) is 38.5 Å². The van der Waals surface area contributed by atoms with Crippen molar-refractivity contribution in [2.75, 3.05) is 40.4 Å². The second-order valence-corrected chi connectivity index (χ2v) is 10.1. The number of likely N-dealkylation sites (tertiary alicyclic amines) is 2. The van der Waals surface area contributed by atoms with Crippen LogP contribution in [-0.2, 0) is 41.8 Å². The van der Waals surface area contributed by atoms with E-state index in [9.17, 15) is 19.2 Å². The van der Waals surface area contributed by atoms with Crippen LogP contribution >= 0.6 is 0 Å². The predicted octanol–water partition coefficient (Wildman–Crippen LogP) is 3.49. The Bertz CT molecular complexity index is 1070. The molecule has 2 unspecified atom stereocenters. The van der Waals surface area contributed by atoms with Crippen molar-refractivity contribution in [3.05, 3.63) is 71.8 Å². The lowest BCUT2D eigenvalue weighted by atomic mass is 9.96. The van der Waals surface area contributed by atoms with Crippen LogP contribution in [0.4, 0.5) is 9.59 Å². The number of carbonyl (C=O) groups is 4. The number of carbonyl (C=O) groups excluding carboxylic acids is 2. The molecule has 2 N–H and O–H groups in total. The van der Waals surface area contributed by atoms with Gasteiger partial charge in [0.15, 0.2) is 0 Å². The number of carboxylic acid groups (broad SMARTS) is 2. The molecule has 2 aliphatic heterocycles. The van der Waals surface area contributed by atoms with Crippen molar-refractivity contribution in [1.82, 2.24) is 9.80 Å². The number of ether oxygens (including phenoxy) is 4. The third-order valence-corrected chi connectivity index (χ3v) is 7.12. The Labute approximate surface area is 244 Å². The summed E-state index contributed by atoms with van der Waals surface area (Å²) in [5.41, 5.74) is 1.78. The van der Waals surface area contributed by atoms with Crippen molar-refractivity contribution in [2.45, 2.75) is 38.3 Å². The van der Waals surface area contributed by atoms with E-state index in [1.807, 2.05) is 60.7 Å². The normalized spacial score (nSPS) is 21.9. The van der Waals surface area contributed by atoms with Gasteiger partial charge in [0.05, 0.1) is 37.1 Å². The van der Waals surface area contributed by atoms with Crippen LogP contribution in [0.3, 0.4) is 0 Å². The Kier molecular flexibility index (Phi) is 12.6. The summed E-state index contributed by atoms with van der Waals surface area (Å²) < 4.78 is 20.9. The van der Waals surface area contributed by atoms with E-state index in [2.05, 4.69) is 0 Å². The molecule has 4 rings (SSSR count). The van der Waals surface area contributed by atoms with Gasteiger partial charge >= 0.3 is 24.1 Å². The van der Waals surface area contributed by atoms with Crippen LogP contribution in [-0.4, -0.2) is 96.7 Å². The number of benzene rings is 2. The van der Waals surface area contributed by atoms with E-state index >= 15 is 0 Å². The highest BCUT2D eigenvalue weighted by atomic mass is 16.6. The lowest BCUT2D eigenvalue weighted by molar-refractivity contribution is -0.146. The summed E-state index contributed by atoms with van der Waals surface area (Å²) in [6, 6.07) is 18.7. The van der Waals surface area contributed by atoms with Crippen LogP contribution in [0, 0.1) is 11.8 Å². The number of hydrogen-bond acceptors (Lipinski definition) is 8. The number of amides is 2. The molecule has 0 spiro atoms. The molecule has 2 amide bonds. The topological polar surface area (TPSA) is 152 Å². The van der Waals surface area contributed by atoms with Crippen LogP contribution in [0.5, 0.6) is 0 Å². The minimum atomic E-state index is -0.919. The molecule has 0 bridgehead atoms. The Morgan fingerprint density at radius 2 is 1.00 bits per heavy atom. The van der Waals surface area contributed by atoms with Crippen LogP contribution in [0.2, 0.25) is 0 Å². The first-order valence-electron chi connectivity index (χ1n) is 13.6. The van der Waals surface area contributed by atoms with E-state index in [1.165, 1.54) is 24.0 Å². The molecule has 0 aromatic heterocycles. The molecule has 2 fully saturated rings. The lowest BCUT2D eigenvalue weighted by Crippen LogP contribution is -2.49. The second kappa shape index (κ2) is 16.3. The van der Waals surface area contributed by atoms with Crippen molar-refractivity contribution in [2.24, 2.45) is 11.8 Å². The molecule has 0 saturated carbocycles. The van der Waals surface area contributed by atoms with E-state index in [0.29, 0.717) is 25.9 Å². The fourth-order valence-corrected chi connectivity index (χ4v) is 4.72. The minimum Gasteiger partial charge on any atom is -0.481 e. The third-order valence-electron chi connectivity index (χ3n) is 7.12. The summed E-state index contributed by atoms with van der Waals surface area (Å²) >= 11 is 0. The summed E-state index contributed by atoms with van der Waals surface area (Å²) in [4.78, 5) is 49.2. The molecule has 2 saturated heterocycles. The zero-order valence-electron chi connectivity index (χ0n) is 23.8. The van der Waals surface area contributed by atoms with E-state index in [0.717, 1.165) is 11.1 Å². The van der Waals surface area contributed by atoms with E-state index < -0.39 is 36.0 Å². The zero-order valence-corrected chi connectivity index (χ0v) is 23.8. The van der Waals surface area contributed by atoms with Gasteiger partial charge < -0.3 is 39.0 Å². The van der Waals surface area contributed by atoms with E-state index in [4.69, 9.17) is 29.2 Å². The Balaban J connectivity index is 0.000000230. The third kappa shape index (κ3) is 10.0. The number of rotatable bonds is 8. The lowest BCUT2D eigenvalue weighted by Gasteiger charge is -2.34. The minimum absolute atomic E-state index is 0.156. The molecule has 2 aliphatic rings. The van der Waals surface area contributed by atoms with Crippen molar-refractivity contribution in [3.63, 3.8) is 0 Å². The summed E-state index contributed by atoms with van der Waals surface area (Å²) in [5, 5.41) is 18.2. The zero-order chi connectivity index (χ0) is 30.5. The second-order valence-electron chi connectivity index (χ2n) is 10.1. The average molecular weight is 587 g/mol. The smallest absolute Gasteiger partial charge is 0.410 e. The molecule has 0 radical (unpaired) electrons. The Morgan fingerprint density at radius 3 is 1.31 bits per heavy atom.